The number of ether oxygens (including phenoxy) is 1. The van der Waals surface area contributed by atoms with Gasteiger partial charge in [0.2, 0.25) is 5.88 Å². The van der Waals surface area contributed by atoms with Gasteiger partial charge in [0.05, 0.1) is 29.7 Å². The van der Waals surface area contributed by atoms with Crippen molar-refractivity contribution in [2.75, 3.05) is 13.6 Å². The molecule has 2 N–H and O–H groups in total. The molecule has 0 atom stereocenters. The molecule has 1 aromatic carbocycles. The molecule has 0 saturated heterocycles. The minimum absolute atomic E-state index is 0.0130. The van der Waals surface area contributed by atoms with Crippen LogP contribution in [0.25, 0.3) is 0 Å². The first-order chi connectivity index (χ1) is 16.3. The lowest BCUT2D eigenvalue weighted by Gasteiger charge is -2.31. The predicted molar refractivity (Wildman–Crippen MR) is 121 cm³/mol. The Bertz CT molecular complexity index is 1060. The smallest absolute Gasteiger partial charge is 0.419 e. The number of halogens is 4. The Labute approximate surface area is 200 Å². The second kappa shape index (κ2) is 12.3. The number of hydrazone groups is 1. The van der Waals surface area contributed by atoms with E-state index in [9.17, 15) is 23.1 Å². The second-order valence-corrected chi connectivity index (χ2v) is 7.04. The summed E-state index contributed by atoms with van der Waals surface area (Å²) in [6.45, 7) is 3.96. The number of aliphatic hydroxyl groups is 1. The van der Waals surface area contributed by atoms with Gasteiger partial charge in [-0.1, -0.05) is 37.6 Å². The standard InChI is InChI=1S/C20H19ClF3N5O3.C2H6/c1-25-26-8-16(14(21)10-30)29-7-6-12-15(9-29)27-18(11-31)28-19(12)32-17-5-3-2-4-13(17)20(22,23)24;1-2/h2-5,8,10,25,31H,6-7,9,11H2,1H3;1-2H3/b16-14-,26-8-;. The van der Waals surface area contributed by atoms with Crippen molar-refractivity contribution in [2.45, 2.75) is 39.6 Å². The molecule has 34 heavy (non-hydrogen) atoms. The molecule has 0 radical (unpaired) electrons. The number of aldehydes is 1. The number of fused-ring (bicyclic) bond motifs is 1. The lowest BCUT2D eigenvalue weighted by atomic mass is 10.0. The number of carbonyl (C=O) groups excluding carboxylic acids is 1. The monoisotopic (exact) mass is 499 g/mol. The van der Waals surface area contributed by atoms with Crippen molar-refractivity contribution < 1.29 is 27.8 Å². The third-order valence-electron chi connectivity index (χ3n) is 4.62. The number of hydrogen-bond acceptors (Lipinski definition) is 8. The number of allylic oxidation sites excluding steroid dienone is 2. The summed E-state index contributed by atoms with van der Waals surface area (Å²) in [5, 5.41) is 13.4. The van der Waals surface area contributed by atoms with Crippen molar-refractivity contribution in [3.63, 3.8) is 0 Å². The molecule has 0 aliphatic carbocycles. The lowest BCUT2D eigenvalue weighted by molar-refractivity contribution is -0.138. The quantitative estimate of drug-likeness (QED) is 0.257. The summed E-state index contributed by atoms with van der Waals surface area (Å²) < 4.78 is 45.7. The highest BCUT2D eigenvalue weighted by Gasteiger charge is 2.35. The van der Waals surface area contributed by atoms with Crippen LogP contribution in [0.2, 0.25) is 0 Å². The van der Waals surface area contributed by atoms with Crippen LogP contribution in [-0.2, 0) is 30.5 Å². The van der Waals surface area contributed by atoms with E-state index < -0.39 is 24.1 Å². The number of rotatable bonds is 7. The number of nitrogens with zero attached hydrogens (tertiary/aromatic N) is 4. The molecule has 0 bridgehead atoms. The van der Waals surface area contributed by atoms with Crippen LogP contribution in [0, 0.1) is 0 Å². The Hall–Kier alpha value is -3.18. The van der Waals surface area contributed by atoms with Crippen molar-refractivity contribution in [3.05, 3.63) is 57.6 Å². The SMILES string of the molecule is CC.CN/N=C\C(=C(\Cl)C=O)N1CCc2c(nc(CO)nc2Oc2ccccc2C(F)(F)F)C1. The fourth-order valence-electron chi connectivity index (χ4n) is 3.18. The van der Waals surface area contributed by atoms with E-state index in [-0.39, 0.29) is 23.3 Å². The van der Waals surface area contributed by atoms with E-state index in [1.165, 1.54) is 24.4 Å². The van der Waals surface area contributed by atoms with Crippen LogP contribution in [-0.4, -0.2) is 46.1 Å². The van der Waals surface area contributed by atoms with Crippen LogP contribution >= 0.6 is 11.6 Å². The van der Waals surface area contributed by atoms with Crippen LogP contribution in [0.3, 0.4) is 0 Å². The number of para-hydroxylation sites is 1. The van der Waals surface area contributed by atoms with E-state index in [1.54, 1.807) is 11.9 Å². The van der Waals surface area contributed by atoms with Gasteiger partial charge in [0.25, 0.3) is 0 Å². The third kappa shape index (κ3) is 6.45. The summed E-state index contributed by atoms with van der Waals surface area (Å²) in [4.78, 5) is 21.3. The summed E-state index contributed by atoms with van der Waals surface area (Å²) in [6.07, 6.45) is -2.45. The summed E-state index contributed by atoms with van der Waals surface area (Å²) in [7, 11) is 1.58. The van der Waals surface area contributed by atoms with Gasteiger partial charge in [-0.2, -0.15) is 23.3 Å². The number of aliphatic hydroxyl groups excluding tert-OH is 1. The molecule has 12 heteroatoms. The first-order valence-corrected chi connectivity index (χ1v) is 10.8. The lowest BCUT2D eigenvalue weighted by Crippen LogP contribution is -2.33. The third-order valence-corrected chi connectivity index (χ3v) is 4.90. The minimum atomic E-state index is -4.61. The maximum atomic E-state index is 13.4. The minimum Gasteiger partial charge on any atom is -0.438 e. The molecule has 1 aromatic heterocycles. The number of aromatic nitrogens is 2. The molecule has 0 spiro atoms. The van der Waals surface area contributed by atoms with Crippen LogP contribution in [0.4, 0.5) is 13.2 Å². The van der Waals surface area contributed by atoms with Gasteiger partial charge in [0.15, 0.2) is 12.1 Å². The van der Waals surface area contributed by atoms with E-state index in [0.29, 0.717) is 36.2 Å². The highest BCUT2D eigenvalue weighted by atomic mass is 35.5. The van der Waals surface area contributed by atoms with Gasteiger partial charge in [-0.3, -0.25) is 4.79 Å². The van der Waals surface area contributed by atoms with Crippen molar-refractivity contribution in [3.8, 4) is 11.6 Å². The van der Waals surface area contributed by atoms with Gasteiger partial charge in [-0.05, 0) is 18.6 Å². The Kier molecular flexibility index (Phi) is 9.82. The maximum absolute atomic E-state index is 13.4. The number of hydrogen-bond donors (Lipinski definition) is 2. The first kappa shape index (κ1) is 27.1. The number of benzene rings is 1. The molecular weight excluding hydrogens is 475 g/mol. The zero-order valence-electron chi connectivity index (χ0n) is 18.9. The Morgan fingerprint density at radius 3 is 2.65 bits per heavy atom. The normalized spacial score (nSPS) is 14.1. The molecular formula is C22H25ClF3N5O3. The first-order valence-electron chi connectivity index (χ1n) is 10.4. The molecule has 3 rings (SSSR count). The highest BCUT2D eigenvalue weighted by molar-refractivity contribution is 6.40. The maximum Gasteiger partial charge on any atom is 0.419 e. The van der Waals surface area contributed by atoms with Crippen molar-refractivity contribution >= 4 is 24.1 Å². The van der Waals surface area contributed by atoms with Gasteiger partial charge in [-0.25, -0.2) is 4.98 Å². The zero-order chi connectivity index (χ0) is 25.3. The fraction of sp³-hybridized carbons (Fsp3) is 0.364. The molecule has 2 heterocycles. The van der Waals surface area contributed by atoms with Gasteiger partial charge >= 0.3 is 6.18 Å². The number of carbonyl (C=O) groups is 1. The number of alkyl halides is 3. The van der Waals surface area contributed by atoms with Crippen molar-refractivity contribution in [1.82, 2.24) is 20.3 Å². The van der Waals surface area contributed by atoms with E-state index in [0.717, 1.165) is 6.07 Å². The van der Waals surface area contributed by atoms with Gasteiger partial charge in [0.1, 0.15) is 17.4 Å². The molecule has 1 aliphatic heterocycles. The predicted octanol–water partition coefficient (Wildman–Crippen LogP) is 4.02. The molecule has 0 unspecified atom stereocenters. The van der Waals surface area contributed by atoms with Gasteiger partial charge < -0.3 is 20.2 Å². The molecule has 2 aromatic rings. The van der Waals surface area contributed by atoms with Gasteiger partial charge in [-0.15, -0.1) is 0 Å². The Morgan fingerprint density at radius 1 is 1.32 bits per heavy atom. The van der Waals surface area contributed by atoms with Crippen molar-refractivity contribution in [1.29, 1.82) is 0 Å². The Morgan fingerprint density at radius 2 is 2.03 bits per heavy atom. The highest BCUT2D eigenvalue weighted by Crippen LogP contribution is 2.39. The summed E-state index contributed by atoms with van der Waals surface area (Å²) >= 11 is 6.03. The number of nitrogens with one attached hydrogen (secondary N) is 1. The molecule has 1 aliphatic rings. The molecule has 184 valence electrons. The average Bonchev–Trinajstić information content (AvgIpc) is 2.84. The molecule has 0 saturated carbocycles. The van der Waals surface area contributed by atoms with E-state index >= 15 is 0 Å². The molecule has 8 nitrogen and oxygen atoms in total. The van der Waals surface area contributed by atoms with E-state index in [4.69, 9.17) is 16.3 Å². The average molecular weight is 500 g/mol. The van der Waals surface area contributed by atoms with Crippen LogP contribution in [0.5, 0.6) is 11.6 Å². The van der Waals surface area contributed by atoms with Crippen molar-refractivity contribution in [2.24, 2.45) is 5.10 Å². The summed E-state index contributed by atoms with van der Waals surface area (Å²) in [5.41, 5.74) is 2.90. The van der Waals surface area contributed by atoms with Crippen LogP contribution in [0.15, 0.2) is 40.1 Å². The van der Waals surface area contributed by atoms with Crippen LogP contribution in [0.1, 0.15) is 36.5 Å². The summed E-state index contributed by atoms with van der Waals surface area (Å²) in [5.74, 6) is -0.481. The summed E-state index contributed by atoms with van der Waals surface area (Å²) in [6, 6.07) is 4.80. The van der Waals surface area contributed by atoms with E-state index in [2.05, 4.69) is 20.5 Å². The zero-order valence-corrected chi connectivity index (χ0v) is 19.6. The van der Waals surface area contributed by atoms with Crippen LogP contribution < -0.4 is 10.2 Å². The van der Waals surface area contributed by atoms with E-state index in [1.807, 2.05) is 13.8 Å². The largest absolute Gasteiger partial charge is 0.438 e. The second-order valence-electron chi connectivity index (χ2n) is 6.63. The van der Waals surface area contributed by atoms with Gasteiger partial charge in [0, 0.05) is 19.2 Å². The molecule has 0 amide bonds. The fourth-order valence-corrected chi connectivity index (χ4v) is 3.35. The molecule has 0 fully saturated rings. The Balaban J connectivity index is 0.00000199. The topological polar surface area (TPSA) is 99.9 Å².